The maximum atomic E-state index is 14.1. The smallest absolute Gasteiger partial charge is 0.268 e. The van der Waals surface area contributed by atoms with Gasteiger partial charge in [0.15, 0.2) is 5.78 Å². The largest absolute Gasteiger partial charge is 0.308 e. The molecule has 208 valence electrons. The van der Waals surface area contributed by atoms with Crippen LogP contribution in [0.3, 0.4) is 0 Å². The molecule has 0 saturated carbocycles. The van der Waals surface area contributed by atoms with E-state index in [1.807, 2.05) is 138 Å². The van der Waals surface area contributed by atoms with Gasteiger partial charge in [0.05, 0.1) is 33.5 Å². The van der Waals surface area contributed by atoms with E-state index in [2.05, 4.69) is 0 Å². The Bertz CT molecular complexity index is 2270. The molecule has 0 unspecified atom stereocenters. The monoisotopic (exact) mass is 568 g/mol. The number of carbonyl (C=O) groups excluding carboxylic acids is 3. The average Bonchev–Trinajstić information content (AvgIpc) is 3.56. The highest BCUT2D eigenvalue weighted by Crippen LogP contribution is 2.39. The highest BCUT2D eigenvalue weighted by Gasteiger charge is 2.39. The van der Waals surface area contributed by atoms with Gasteiger partial charge in [0, 0.05) is 21.9 Å². The second-order valence-corrected chi connectivity index (χ2v) is 10.8. The van der Waals surface area contributed by atoms with Crippen molar-refractivity contribution in [3.05, 3.63) is 168 Å². The lowest BCUT2D eigenvalue weighted by Gasteiger charge is -2.15. The standard InChI is InChI=1S/C39H24N2O3/c42-37(27-13-5-2-6-14-27)30-16-9-19-33-35(30)29-15-7-8-18-32(29)41(33)34-20-10-17-31-36(34)39(44)40(38(31)43)28-23-21-26(22-24-28)25-11-3-1-4-12-25/h1-24H. The molecule has 1 aromatic heterocycles. The van der Waals surface area contributed by atoms with E-state index in [0.717, 1.165) is 32.9 Å². The molecule has 5 nitrogen and oxygen atoms in total. The summed E-state index contributed by atoms with van der Waals surface area (Å²) in [6.45, 7) is 0. The van der Waals surface area contributed by atoms with E-state index in [1.54, 1.807) is 12.1 Å². The van der Waals surface area contributed by atoms with Gasteiger partial charge in [-0.2, -0.15) is 0 Å². The molecule has 0 spiro atoms. The van der Waals surface area contributed by atoms with Crippen molar-refractivity contribution < 1.29 is 14.4 Å². The fourth-order valence-electron chi connectivity index (χ4n) is 6.34. The minimum atomic E-state index is -0.379. The van der Waals surface area contributed by atoms with Crippen LogP contribution >= 0.6 is 0 Å². The number of hydrogen-bond donors (Lipinski definition) is 0. The van der Waals surface area contributed by atoms with Gasteiger partial charge in [-0.15, -0.1) is 0 Å². The van der Waals surface area contributed by atoms with Crippen LogP contribution in [0.5, 0.6) is 0 Å². The second-order valence-electron chi connectivity index (χ2n) is 10.8. The van der Waals surface area contributed by atoms with Crippen molar-refractivity contribution in [3.63, 3.8) is 0 Å². The Morgan fingerprint density at radius 2 is 1.16 bits per heavy atom. The summed E-state index contributed by atoms with van der Waals surface area (Å²) >= 11 is 0. The zero-order valence-corrected chi connectivity index (χ0v) is 23.5. The molecule has 0 aliphatic carbocycles. The van der Waals surface area contributed by atoms with E-state index in [-0.39, 0.29) is 17.6 Å². The van der Waals surface area contributed by atoms with E-state index in [1.165, 1.54) is 4.90 Å². The molecule has 0 atom stereocenters. The van der Waals surface area contributed by atoms with Crippen LogP contribution in [-0.4, -0.2) is 22.2 Å². The number of carbonyl (C=O) groups is 3. The van der Waals surface area contributed by atoms with Crippen LogP contribution in [0.1, 0.15) is 36.6 Å². The fraction of sp³-hybridized carbons (Fsp3) is 0. The van der Waals surface area contributed by atoms with Gasteiger partial charge in [-0.1, -0.05) is 109 Å². The number of para-hydroxylation sites is 1. The predicted octanol–water partition coefficient (Wildman–Crippen LogP) is 8.48. The van der Waals surface area contributed by atoms with Gasteiger partial charge in [-0.25, -0.2) is 4.90 Å². The number of nitrogens with zero attached hydrogens (tertiary/aromatic N) is 2. The summed E-state index contributed by atoms with van der Waals surface area (Å²) in [5.41, 5.74) is 6.67. The van der Waals surface area contributed by atoms with E-state index < -0.39 is 0 Å². The van der Waals surface area contributed by atoms with Gasteiger partial charge in [-0.3, -0.25) is 14.4 Å². The summed E-state index contributed by atoms with van der Waals surface area (Å²) in [7, 11) is 0. The third-order valence-corrected chi connectivity index (χ3v) is 8.34. The van der Waals surface area contributed by atoms with Crippen LogP contribution in [0.2, 0.25) is 0 Å². The Morgan fingerprint density at radius 3 is 1.93 bits per heavy atom. The van der Waals surface area contributed by atoms with Crippen molar-refractivity contribution in [1.82, 2.24) is 4.57 Å². The minimum Gasteiger partial charge on any atom is -0.308 e. The maximum Gasteiger partial charge on any atom is 0.268 e. The number of aromatic nitrogens is 1. The third kappa shape index (κ3) is 3.83. The molecular weight excluding hydrogens is 544 g/mol. The number of anilines is 1. The Morgan fingerprint density at radius 1 is 0.523 bits per heavy atom. The molecule has 44 heavy (non-hydrogen) atoms. The summed E-state index contributed by atoms with van der Waals surface area (Å²) in [6, 6.07) is 45.6. The predicted molar refractivity (Wildman–Crippen MR) is 174 cm³/mol. The first-order chi connectivity index (χ1) is 21.6. The van der Waals surface area contributed by atoms with E-state index in [0.29, 0.717) is 33.6 Å². The number of amides is 2. The Hall–Kier alpha value is -6.07. The molecule has 1 aliphatic heterocycles. The lowest BCUT2D eigenvalue weighted by Crippen LogP contribution is -2.29. The Balaban J connectivity index is 1.29. The topological polar surface area (TPSA) is 59.4 Å². The highest BCUT2D eigenvalue weighted by atomic mass is 16.2. The molecule has 7 aromatic rings. The number of rotatable bonds is 5. The summed E-state index contributed by atoms with van der Waals surface area (Å²) in [4.78, 5) is 42.9. The highest BCUT2D eigenvalue weighted by molar-refractivity contribution is 6.36. The number of ketones is 1. The van der Waals surface area contributed by atoms with Crippen LogP contribution in [0.25, 0.3) is 38.6 Å². The molecule has 0 bridgehead atoms. The fourth-order valence-corrected chi connectivity index (χ4v) is 6.34. The molecule has 0 saturated heterocycles. The summed E-state index contributed by atoms with van der Waals surface area (Å²) in [6.07, 6.45) is 0. The molecule has 0 radical (unpaired) electrons. The number of benzene rings is 6. The first-order valence-electron chi connectivity index (χ1n) is 14.4. The molecule has 0 N–H and O–H groups in total. The summed E-state index contributed by atoms with van der Waals surface area (Å²) < 4.78 is 2.00. The summed E-state index contributed by atoms with van der Waals surface area (Å²) in [5, 5.41) is 1.70. The van der Waals surface area contributed by atoms with Crippen molar-refractivity contribution in [3.8, 4) is 16.8 Å². The maximum absolute atomic E-state index is 14.1. The van der Waals surface area contributed by atoms with Crippen LogP contribution in [0.15, 0.2) is 146 Å². The third-order valence-electron chi connectivity index (χ3n) is 8.34. The van der Waals surface area contributed by atoms with E-state index in [9.17, 15) is 14.4 Å². The average molecular weight is 569 g/mol. The van der Waals surface area contributed by atoms with E-state index >= 15 is 0 Å². The van der Waals surface area contributed by atoms with Gasteiger partial charge in [0.1, 0.15) is 0 Å². The number of imide groups is 1. The van der Waals surface area contributed by atoms with Gasteiger partial charge < -0.3 is 4.57 Å². The van der Waals surface area contributed by atoms with Gasteiger partial charge in [0.2, 0.25) is 0 Å². The van der Waals surface area contributed by atoms with Crippen molar-refractivity contribution in [2.45, 2.75) is 0 Å². The van der Waals surface area contributed by atoms with E-state index in [4.69, 9.17) is 0 Å². The number of hydrogen-bond acceptors (Lipinski definition) is 3. The van der Waals surface area contributed by atoms with Crippen LogP contribution in [0, 0.1) is 0 Å². The second kappa shape index (κ2) is 10.0. The minimum absolute atomic E-state index is 0.0752. The van der Waals surface area contributed by atoms with Crippen molar-refractivity contribution in [1.29, 1.82) is 0 Å². The SMILES string of the molecule is O=C(c1ccccc1)c1cccc2c1c1ccccc1n2-c1cccc2c1C(=O)N(c1ccc(-c3ccccc3)cc1)C2=O. The van der Waals surface area contributed by atoms with Crippen LogP contribution in [-0.2, 0) is 0 Å². The normalized spacial score (nSPS) is 12.7. The van der Waals surface area contributed by atoms with Crippen LogP contribution < -0.4 is 4.90 Å². The molecule has 0 fully saturated rings. The molecule has 1 aliphatic rings. The first kappa shape index (κ1) is 25.6. The molecule has 8 rings (SSSR count). The van der Waals surface area contributed by atoms with Crippen molar-refractivity contribution in [2.75, 3.05) is 4.90 Å². The van der Waals surface area contributed by atoms with Crippen molar-refractivity contribution >= 4 is 45.1 Å². The lowest BCUT2D eigenvalue weighted by atomic mass is 9.98. The first-order valence-corrected chi connectivity index (χ1v) is 14.4. The molecule has 2 amide bonds. The Kier molecular flexibility index (Phi) is 5.84. The quantitative estimate of drug-likeness (QED) is 0.155. The Labute approximate surface area is 253 Å². The van der Waals surface area contributed by atoms with Gasteiger partial charge in [0.25, 0.3) is 11.8 Å². The van der Waals surface area contributed by atoms with Gasteiger partial charge >= 0.3 is 0 Å². The van der Waals surface area contributed by atoms with Crippen molar-refractivity contribution in [2.24, 2.45) is 0 Å². The zero-order valence-electron chi connectivity index (χ0n) is 23.5. The molecular formula is C39H24N2O3. The molecule has 6 aromatic carbocycles. The van der Waals surface area contributed by atoms with Gasteiger partial charge in [-0.05, 0) is 47.5 Å². The molecule has 2 heterocycles. The molecule has 5 heteroatoms. The summed E-state index contributed by atoms with van der Waals surface area (Å²) in [5.74, 6) is -0.815. The number of fused-ring (bicyclic) bond motifs is 4. The zero-order chi connectivity index (χ0) is 29.8. The lowest BCUT2D eigenvalue weighted by molar-refractivity contribution is 0.0925. The van der Waals surface area contributed by atoms with Crippen LogP contribution in [0.4, 0.5) is 5.69 Å².